The number of nitrogens with zero attached hydrogens (tertiary/aromatic N) is 1. The second-order valence-corrected chi connectivity index (χ2v) is 6.30. The van der Waals surface area contributed by atoms with Crippen molar-refractivity contribution in [2.45, 2.75) is 19.7 Å². The average molecular weight is 400 g/mol. The van der Waals surface area contributed by atoms with Gasteiger partial charge in [0.25, 0.3) is 0 Å². The van der Waals surface area contributed by atoms with Crippen molar-refractivity contribution in [1.82, 2.24) is 9.97 Å². The van der Waals surface area contributed by atoms with Gasteiger partial charge in [-0.05, 0) is 60.5 Å². The number of imidazole rings is 1. The van der Waals surface area contributed by atoms with E-state index in [2.05, 4.69) is 16.5 Å². The fourth-order valence-corrected chi connectivity index (χ4v) is 2.70. The van der Waals surface area contributed by atoms with Crippen molar-refractivity contribution in [3.05, 3.63) is 82.8 Å². The molecule has 0 saturated heterocycles. The van der Waals surface area contributed by atoms with Gasteiger partial charge in [-0.1, -0.05) is 24.8 Å². The number of allylic oxidation sites excluding steroid dienone is 1. The smallest absolute Gasteiger partial charge is 0.416 e. The number of benzene rings is 2. The van der Waals surface area contributed by atoms with E-state index in [9.17, 15) is 18.3 Å². The summed E-state index contributed by atoms with van der Waals surface area (Å²) in [5.41, 5.74) is 0.705. The molecule has 1 heterocycles. The largest absolute Gasteiger partial charge is 0.508 e. The number of phenolic OH excluding ortho intramolecular Hbond substituents is 1. The van der Waals surface area contributed by atoms with Crippen molar-refractivity contribution in [3.8, 4) is 11.5 Å². The maximum absolute atomic E-state index is 12.6. The SMILES string of the molecule is C=C(/C=c1/nc(COc2ccc(C(F)(F)F)cc2)[nH]/c1=C/C)c1cccc(O)c1. The normalized spacial score (nSPS) is 13.0. The molecular weight excluding hydrogens is 381 g/mol. The lowest BCUT2D eigenvalue weighted by molar-refractivity contribution is -0.137. The van der Waals surface area contributed by atoms with Gasteiger partial charge in [0.15, 0.2) is 0 Å². The first-order valence-electron chi connectivity index (χ1n) is 8.77. The van der Waals surface area contributed by atoms with E-state index in [1.165, 1.54) is 12.1 Å². The van der Waals surface area contributed by atoms with Crippen LogP contribution in [-0.2, 0) is 12.8 Å². The molecule has 3 rings (SSSR count). The zero-order valence-corrected chi connectivity index (χ0v) is 15.6. The number of ether oxygens (including phenoxy) is 1. The number of H-pyrrole nitrogens is 1. The first-order valence-corrected chi connectivity index (χ1v) is 8.77. The maximum atomic E-state index is 12.6. The van der Waals surface area contributed by atoms with Gasteiger partial charge in [0, 0.05) is 0 Å². The Balaban J connectivity index is 1.77. The summed E-state index contributed by atoms with van der Waals surface area (Å²) in [7, 11) is 0. The van der Waals surface area contributed by atoms with Crippen LogP contribution < -0.4 is 15.4 Å². The minimum atomic E-state index is -4.38. The summed E-state index contributed by atoms with van der Waals surface area (Å²) < 4.78 is 43.4. The van der Waals surface area contributed by atoms with Gasteiger partial charge in [-0.25, -0.2) is 4.98 Å². The molecule has 0 unspecified atom stereocenters. The highest BCUT2D eigenvalue weighted by Gasteiger charge is 2.30. The van der Waals surface area contributed by atoms with Crippen molar-refractivity contribution >= 4 is 17.7 Å². The van der Waals surface area contributed by atoms with Crippen molar-refractivity contribution in [3.63, 3.8) is 0 Å². The summed E-state index contributed by atoms with van der Waals surface area (Å²) in [4.78, 5) is 7.58. The average Bonchev–Trinajstić information content (AvgIpc) is 3.07. The molecule has 4 nitrogen and oxygen atoms in total. The zero-order valence-electron chi connectivity index (χ0n) is 15.6. The van der Waals surface area contributed by atoms with Gasteiger partial charge in [0.2, 0.25) is 0 Å². The van der Waals surface area contributed by atoms with Crippen LogP contribution in [0.2, 0.25) is 0 Å². The van der Waals surface area contributed by atoms with Gasteiger partial charge in [0.1, 0.15) is 23.9 Å². The Morgan fingerprint density at radius 2 is 1.93 bits per heavy atom. The standard InChI is InChI=1S/C22H19F3N2O2/c1-3-19-20(11-14(2)15-5-4-6-17(28)12-15)27-21(26-19)13-29-18-9-7-16(8-10-18)22(23,24)25/h3-12,28H,2,13H2,1H3,(H,26,27)/b19-3+,20-11+. The van der Waals surface area contributed by atoms with E-state index in [1.54, 1.807) is 24.3 Å². The Labute approximate surface area is 165 Å². The lowest BCUT2D eigenvalue weighted by Crippen LogP contribution is -2.23. The van der Waals surface area contributed by atoms with E-state index in [1.807, 2.05) is 19.1 Å². The van der Waals surface area contributed by atoms with Crippen LogP contribution in [0.4, 0.5) is 13.2 Å². The van der Waals surface area contributed by atoms with Gasteiger partial charge in [0.05, 0.1) is 16.3 Å². The molecule has 2 N–H and O–H groups in total. The number of aromatic hydroxyl groups is 1. The lowest BCUT2D eigenvalue weighted by Gasteiger charge is -2.08. The fourth-order valence-electron chi connectivity index (χ4n) is 2.70. The van der Waals surface area contributed by atoms with Crippen LogP contribution in [0, 0.1) is 0 Å². The van der Waals surface area contributed by atoms with Crippen molar-refractivity contribution < 1.29 is 23.0 Å². The van der Waals surface area contributed by atoms with Crippen LogP contribution in [0.3, 0.4) is 0 Å². The molecule has 0 radical (unpaired) electrons. The van der Waals surface area contributed by atoms with Gasteiger partial charge in [-0.15, -0.1) is 0 Å². The monoisotopic (exact) mass is 400 g/mol. The van der Waals surface area contributed by atoms with Crippen molar-refractivity contribution in [1.29, 1.82) is 0 Å². The predicted octanol–water partition coefficient (Wildman–Crippen LogP) is 4.01. The molecule has 0 saturated carbocycles. The van der Waals surface area contributed by atoms with Crippen LogP contribution in [0.1, 0.15) is 23.9 Å². The molecule has 150 valence electrons. The van der Waals surface area contributed by atoms with Crippen LogP contribution in [0.15, 0.2) is 55.1 Å². The summed E-state index contributed by atoms with van der Waals surface area (Å²) in [6.07, 6.45) is -0.757. The lowest BCUT2D eigenvalue weighted by atomic mass is 10.1. The molecule has 0 aliphatic rings. The Hall–Kier alpha value is -3.48. The summed E-state index contributed by atoms with van der Waals surface area (Å²) in [6, 6.07) is 11.2. The van der Waals surface area contributed by atoms with E-state index >= 15 is 0 Å². The van der Waals surface area contributed by atoms with Crippen molar-refractivity contribution in [2.75, 3.05) is 0 Å². The number of halogens is 3. The maximum Gasteiger partial charge on any atom is 0.416 e. The molecule has 0 spiro atoms. The Morgan fingerprint density at radius 3 is 2.55 bits per heavy atom. The molecule has 0 fully saturated rings. The van der Waals surface area contributed by atoms with Gasteiger partial charge >= 0.3 is 6.18 Å². The number of aromatic amines is 1. The Kier molecular flexibility index (Phi) is 5.77. The summed E-state index contributed by atoms with van der Waals surface area (Å²) in [6.45, 7) is 5.93. The quantitative estimate of drug-likeness (QED) is 0.681. The molecule has 0 aliphatic carbocycles. The van der Waals surface area contributed by atoms with E-state index < -0.39 is 11.7 Å². The summed E-state index contributed by atoms with van der Waals surface area (Å²) in [5, 5.41) is 11.0. The third-order valence-corrected chi connectivity index (χ3v) is 4.18. The van der Waals surface area contributed by atoms with E-state index in [0.717, 1.165) is 23.0 Å². The topological polar surface area (TPSA) is 58.1 Å². The zero-order chi connectivity index (χ0) is 21.0. The van der Waals surface area contributed by atoms with Gasteiger partial charge in [-0.3, -0.25) is 0 Å². The Morgan fingerprint density at radius 1 is 1.21 bits per heavy atom. The number of rotatable bonds is 5. The summed E-state index contributed by atoms with van der Waals surface area (Å²) in [5.74, 6) is 0.978. The first kappa shape index (κ1) is 20.3. The fraction of sp³-hybridized carbons (Fsp3) is 0.136. The van der Waals surface area contributed by atoms with Gasteiger partial charge < -0.3 is 14.8 Å². The molecule has 2 aromatic carbocycles. The molecule has 1 aromatic heterocycles. The van der Waals surface area contributed by atoms with E-state index in [-0.39, 0.29) is 12.4 Å². The van der Waals surface area contributed by atoms with E-state index in [0.29, 0.717) is 22.5 Å². The van der Waals surface area contributed by atoms with Crippen LogP contribution in [-0.4, -0.2) is 15.1 Å². The van der Waals surface area contributed by atoms with Gasteiger partial charge in [-0.2, -0.15) is 13.2 Å². The number of phenols is 1. The highest BCUT2D eigenvalue weighted by Crippen LogP contribution is 2.30. The Bertz CT molecular complexity index is 1130. The van der Waals surface area contributed by atoms with Crippen molar-refractivity contribution in [2.24, 2.45) is 0 Å². The molecule has 29 heavy (non-hydrogen) atoms. The minimum absolute atomic E-state index is 0.0681. The number of alkyl halides is 3. The molecule has 0 aliphatic heterocycles. The molecule has 3 aromatic rings. The number of aromatic nitrogens is 2. The first-order chi connectivity index (χ1) is 13.8. The third kappa shape index (κ3) is 5.07. The van der Waals surface area contributed by atoms with Crippen LogP contribution in [0.5, 0.6) is 11.5 Å². The predicted molar refractivity (Wildman–Crippen MR) is 105 cm³/mol. The minimum Gasteiger partial charge on any atom is -0.508 e. The molecule has 0 amide bonds. The van der Waals surface area contributed by atoms with Crippen LogP contribution in [0.25, 0.3) is 17.7 Å². The number of hydrogen-bond acceptors (Lipinski definition) is 3. The van der Waals surface area contributed by atoms with E-state index in [4.69, 9.17) is 4.74 Å². The molecular formula is C22H19F3N2O2. The molecule has 0 atom stereocenters. The third-order valence-electron chi connectivity index (χ3n) is 4.18. The summed E-state index contributed by atoms with van der Waals surface area (Å²) >= 11 is 0. The second kappa shape index (κ2) is 8.26. The van der Waals surface area contributed by atoms with Crippen LogP contribution >= 0.6 is 0 Å². The highest BCUT2D eigenvalue weighted by molar-refractivity contribution is 5.86. The molecule has 0 bridgehead atoms. The number of nitrogens with one attached hydrogen (secondary N) is 1. The molecule has 7 heteroatoms. The number of hydrogen-bond donors (Lipinski definition) is 2. The highest BCUT2D eigenvalue weighted by atomic mass is 19.4. The second-order valence-electron chi connectivity index (χ2n) is 6.30.